The molecule has 0 aromatic heterocycles. The molecule has 0 spiro atoms. The first-order chi connectivity index (χ1) is 11.1. The Morgan fingerprint density at radius 1 is 1.00 bits per heavy atom. The molecule has 1 aliphatic heterocycles. The summed E-state index contributed by atoms with van der Waals surface area (Å²) >= 11 is 0. The molecular weight excluding hydrogens is 314 g/mol. The molecular formula is C17H19NO4S. The molecule has 0 aliphatic carbocycles. The SMILES string of the molecule is Cc1ccc(S(=O)(=O)N(CC2OCCO2)c2ccccc2)cc1. The minimum Gasteiger partial charge on any atom is -0.348 e. The second kappa shape index (κ2) is 6.70. The zero-order valence-corrected chi connectivity index (χ0v) is 13.7. The number of hydrogen-bond donors (Lipinski definition) is 0. The van der Waals surface area contributed by atoms with Gasteiger partial charge >= 0.3 is 0 Å². The number of ether oxygens (including phenoxy) is 2. The van der Waals surface area contributed by atoms with Crippen molar-refractivity contribution in [3.8, 4) is 0 Å². The second-order valence-electron chi connectivity index (χ2n) is 5.36. The summed E-state index contributed by atoms with van der Waals surface area (Å²) in [5.41, 5.74) is 1.60. The smallest absolute Gasteiger partial charge is 0.264 e. The van der Waals surface area contributed by atoms with Crippen LogP contribution in [0.2, 0.25) is 0 Å². The van der Waals surface area contributed by atoms with Gasteiger partial charge in [-0.3, -0.25) is 4.31 Å². The summed E-state index contributed by atoms with van der Waals surface area (Å²) < 4.78 is 38.3. The maximum absolute atomic E-state index is 13.0. The van der Waals surface area contributed by atoms with E-state index in [0.29, 0.717) is 18.9 Å². The lowest BCUT2D eigenvalue weighted by atomic mass is 10.2. The molecule has 1 aliphatic rings. The average molecular weight is 333 g/mol. The maximum Gasteiger partial charge on any atom is 0.264 e. The van der Waals surface area contributed by atoms with Crippen molar-refractivity contribution >= 4 is 15.7 Å². The fraction of sp³-hybridized carbons (Fsp3) is 0.294. The van der Waals surface area contributed by atoms with Crippen molar-refractivity contribution in [2.75, 3.05) is 24.1 Å². The van der Waals surface area contributed by atoms with Crippen molar-refractivity contribution < 1.29 is 17.9 Å². The van der Waals surface area contributed by atoms with E-state index in [1.807, 2.05) is 25.1 Å². The Labute approximate surface area is 136 Å². The van der Waals surface area contributed by atoms with E-state index >= 15 is 0 Å². The molecule has 1 fully saturated rings. The lowest BCUT2D eigenvalue weighted by Crippen LogP contribution is -2.38. The monoisotopic (exact) mass is 333 g/mol. The summed E-state index contributed by atoms with van der Waals surface area (Å²) in [6.07, 6.45) is -0.546. The van der Waals surface area contributed by atoms with E-state index in [1.165, 1.54) is 4.31 Å². The largest absolute Gasteiger partial charge is 0.348 e. The van der Waals surface area contributed by atoms with Crippen molar-refractivity contribution in [1.29, 1.82) is 0 Å². The Morgan fingerprint density at radius 3 is 2.22 bits per heavy atom. The Morgan fingerprint density at radius 2 is 1.61 bits per heavy atom. The van der Waals surface area contributed by atoms with Crippen molar-refractivity contribution in [2.45, 2.75) is 18.1 Å². The summed E-state index contributed by atoms with van der Waals surface area (Å²) in [5, 5.41) is 0. The molecule has 2 aromatic carbocycles. The van der Waals surface area contributed by atoms with E-state index in [4.69, 9.17) is 9.47 Å². The number of anilines is 1. The maximum atomic E-state index is 13.0. The van der Waals surface area contributed by atoms with Gasteiger partial charge in [0.15, 0.2) is 6.29 Å². The first kappa shape index (κ1) is 16.0. The Kier molecular flexibility index (Phi) is 4.66. The number of para-hydroxylation sites is 1. The molecule has 1 saturated heterocycles. The van der Waals surface area contributed by atoms with Gasteiger partial charge in [0.25, 0.3) is 10.0 Å². The molecule has 0 saturated carbocycles. The molecule has 0 bridgehead atoms. The molecule has 3 rings (SSSR count). The van der Waals surface area contributed by atoms with Crippen LogP contribution in [-0.2, 0) is 19.5 Å². The number of hydrogen-bond acceptors (Lipinski definition) is 4. The lowest BCUT2D eigenvalue weighted by molar-refractivity contribution is -0.0321. The highest BCUT2D eigenvalue weighted by molar-refractivity contribution is 7.92. The Bertz CT molecular complexity index is 738. The van der Waals surface area contributed by atoms with Crippen LogP contribution in [0.5, 0.6) is 0 Å². The fourth-order valence-corrected chi connectivity index (χ4v) is 3.87. The van der Waals surface area contributed by atoms with Gasteiger partial charge in [0.1, 0.15) is 0 Å². The number of benzene rings is 2. The summed E-state index contributed by atoms with van der Waals surface area (Å²) in [5.74, 6) is 0. The van der Waals surface area contributed by atoms with Crippen LogP contribution in [0.1, 0.15) is 5.56 Å². The van der Waals surface area contributed by atoms with Crippen LogP contribution in [0.4, 0.5) is 5.69 Å². The van der Waals surface area contributed by atoms with Gasteiger partial charge in [-0.1, -0.05) is 35.9 Å². The summed E-state index contributed by atoms with van der Waals surface area (Å²) in [6, 6.07) is 15.8. The third kappa shape index (κ3) is 3.55. The highest BCUT2D eigenvalue weighted by Crippen LogP contribution is 2.25. The van der Waals surface area contributed by atoms with Gasteiger partial charge in [0.05, 0.1) is 30.3 Å². The topological polar surface area (TPSA) is 55.8 Å². The van der Waals surface area contributed by atoms with Crippen molar-refractivity contribution in [1.82, 2.24) is 0 Å². The first-order valence-corrected chi connectivity index (χ1v) is 8.89. The van der Waals surface area contributed by atoms with Crippen LogP contribution in [0.25, 0.3) is 0 Å². The second-order valence-corrected chi connectivity index (χ2v) is 7.22. The van der Waals surface area contributed by atoms with E-state index < -0.39 is 16.3 Å². The van der Waals surface area contributed by atoms with Gasteiger partial charge in [-0.25, -0.2) is 8.42 Å². The predicted octanol–water partition coefficient (Wildman–Crippen LogP) is 2.56. The third-order valence-corrected chi connectivity index (χ3v) is 5.47. The average Bonchev–Trinajstić information content (AvgIpc) is 3.07. The van der Waals surface area contributed by atoms with Crippen LogP contribution in [0.15, 0.2) is 59.5 Å². The predicted molar refractivity (Wildman–Crippen MR) is 87.8 cm³/mol. The molecule has 0 atom stereocenters. The van der Waals surface area contributed by atoms with Crippen LogP contribution in [-0.4, -0.2) is 34.5 Å². The minimum atomic E-state index is -3.69. The van der Waals surface area contributed by atoms with Gasteiger partial charge in [-0.2, -0.15) is 0 Å². The van der Waals surface area contributed by atoms with Crippen molar-refractivity contribution in [3.05, 3.63) is 60.2 Å². The molecule has 23 heavy (non-hydrogen) atoms. The number of nitrogens with zero attached hydrogens (tertiary/aromatic N) is 1. The van der Waals surface area contributed by atoms with Crippen molar-refractivity contribution in [2.24, 2.45) is 0 Å². The van der Waals surface area contributed by atoms with Crippen LogP contribution in [0, 0.1) is 6.92 Å². The van der Waals surface area contributed by atoms with Gasteiger partial charge in [0.2, 0.25) is 0 Å². The van der Waals surface area contributed by atoms with Gasteiger partial charge < -0.3 is 9.47 Å². The highest BCUT2D eigenvalue weighted by Gasteiger charge is 2.29. The third-order valence-electron chi connectivity index (χ3n) is 3.66. The molecule has 0 amide bonds. The van der Waals surface area contributed by atoms with Crippen molar-refractivity contribution in [3.63, 3.8) is 0 Å². The Hall–Kier alpha value is -1.89. The summed E-state index contributed by atoms with van der Waals surface area (Å²) in [4.78, 5) is 0.255. The van der Waals surface area contributed by atoms with Crippen LogP contribution >= 0.6 is 0 Å². The normalized spacial score (nSPS) is 15.7. The molecule has 0 radical (unpaired) electrons. The van der Waals surface area contributed by atoms with E-state index in [-0.39, 0.29) is 11.4 Å². The molecule has 0 N–H and O–H groups in total. The summed E-state index contributed by atoms with van der Waals surface area (Å²) in [7, 11) is -3.69. The first-order valence-electron chi connectivity index (χ1n) is 7.45. The van der Waals surface area contributed by atoms with Gasteiger partial charge in [-0.15, -0.1) is 0 Å². The molecule has 0 unspecified atom stereocenters. The number of rotatable bonds is 5. The zero-order chi connectivity index (χ0) is 16.3. The van der Waals surface area contributed by atoms with Gasteiger partial charge in [-0.05, 0) is 31.2 Å². The van der Waals surface area contributed by atoms with Crippen LogP contribution in [0.3, 0.4) is 0 Å². The molecule has 5 nitrogen and oxygen atoms in total. The van der Waals surface area contributed by atoms with E-state index in [9.17, 15) is 8.42 Å². The summed E-state index contributed by atoms with van der Waals surface area (Å²) in [6.45, 7) is 3.02. The van der Waals surface area contributed by atoms with E-state index in [2.05, 4.69) is 0 Å². The number of sulfonamides is 1. The standard InChI is InChI=1S/C17H19NO4S/c1-14-7-9-16(10-8-14)23(19,20)18(13-17-21-11-12-22-17)15-5-3-2-4-6-15/h2-10,17H,11-13H2,1H3. The molecule has 122 valence electrons. The van der Waals surface area contributed by atoms with E-state index in [0.717, 1.165) is 5.56 Å². The lowest BCUT2D eigenvalue weighted by Gasteiger charge is -2.26. The minimum absolute atomic E-state index is 0.125. The zero-order valence-electron chi connectivity index (χ0n) is 12.9. The van der Waals surface area contributed by atoms with E-state index in [1.54, 1.807) is 36.4 Å². The molecule has 6 heteroatoms. The molecule has 2 aromatic rings. The quantitative estimate of drug-likeness (QED) is 0.844. The van der Waals surface area contributed by atoms with Gasteiger partial charge in [0, 0.05) is 0 Å². The van der Waals surface area contributed by atoms with Crippen LogP contribution < -0.4 is 4.31 Å². The fourth-order valence-electron chi connectivity index (χ4n) is 2.42. The molecule has 1 heterocycles. The Balaban J connectivity index is 1.97. The highest BCUT2D eigenvalue weighted by atomic mass is 32.2. The number of aryl methyl sites for hydroxylation is 1.